The maximum absolute atomic E-state index is 13.9. The van der Waals surface area contributed by atoms with Gasteiger partial charge in [0.1, 0.15) is 5.75 Å². The molecule has 0 fully saturated rings. The molecule has 3 aromatic carbocycles. The van der Waals surface area contributed by atoms with E-state index in [-0.39, 0.29) is 17.2 Å². The number of para-hydroxylation sites is 1. The van der Waals surface area contributed by atoms with Gasteiger partial charge in [-0.15, -0.1) is 0 Å². The normalized spacial score (nSPS) is 17.7. The van der Waals surface area contributed by atoms with Crippen molar-refractivity contribution in [2.75, 3.05) is 12.0 Å². The lowest BCUT2D eigenvalue weighted by Gasteiger charge is -2.36. The lowest BCUT2D eigenvalue weighted by molar-refractivity contribution is -0.115. The molecule has 158 valence electrons. The minimum absolute atomic E-state index is 0.114. The van der Waals surface area contributed by atoms with Gasteiger partial charge in [-0.2, -0.15) is 5.26 Å². The van der Waals surface area contributed by atoms with Gasteiger partial charge in [0.05, 0.1) is 41.7 Å². The molecule has 0 radical (unpaired) electrons. The molecule has 32 heavy (non-hydrogen) atoms. The standard InChI is InChI=1S/C27H22N2O3/c1-18(30)24-25(19-13-15-22(32-2)16-14-19)23(17-28)26(20-9-5-3-6-10-20)29(27(24)31)21-11-7-4-8-12-21/h3-16,25,30H,1-2H3/b24-18-. The Kier molecular flexibility index (Phi) is 5.78. The first-order valence-electron chi connectivity index (χ1n) is 10.2. The number of methoxy groups -OCH3 is 1. The molecule has 5 heteroatoms. The van der Waals surface area contributed by atoms with Crippen LogP contribution in [0.25, 0.3) is 5.70 Å². The zero-order valence-corrected chi connectivity index (χ0v) is 17.8. The lowest BCUT2D eigenvalue weighted by atomic mass is 9.78. The van der Waals surface area contributed by atoms with Crippen molar-refractivity contribution in [1.82, 2.24) is 0 Å². The fourth-order valence-electron chi connectivity index (χ4n) is 4.06. The van der Waals surface area contributed by atoms with Crippen LogP contribution in [0, 0.1) is 11.3 Å². The number of aliphatic hydroxyl groups is 1. The number of carbonyl (C=O) groups is 1. The quantitative estimate of drug-likeness (QED) is 0.439. The van der Waals surface area contributed by atoms with Gasteiger partial charge < -0.3 is 9.84 Å². The Morgan fingerprint density at radius 2 is 1.56 bits per heavy atom. The van der Waals surface area contributed by atoms with Crippen molar-refractivity contribution >= 4 is 17.3 Å². The van der Waals surface area contributed by atoms with Crippen molar-refractivity contribution < 1.29 is 14.6 Å². The molecule has 4 rings (SSSR count). The predicted octanol–water partition coefficient (Wildman–Crippen LogP) is 5.59. The van der Waals surface area contributed by atoms with Crippen LogP contribution in [-0.2, 0) is 4.79 Å². The van der Waals surface area contributed by atoms with E-state index in [0.29, 0.717) is 22.7 Å². The zero-order chi connectivity index (χ0) is 22.7. The number of anilines is 1. The number of benzene rings is 3. The van der Waals surface area contributed by atoms with E-state index in [1.165, 1.54) is 11.8 Å². The highest BCUT2D eigenvalue weighted by Crippen LogP contribution is 2.45. The van der Waals surface area contributed by atoms with Gasteiger partial charge in [0, 0.05) is 5.69 Å². The number of amides is 1. The highest BCUT2D eigenvalue weighted by Gasteiger charge is 2.41. The second-order valence-corrected chi connectivity index (χ2v) is 7.42. The van der Waals surface area contributed by atoms with Gasteiger partial charge in [-0.1, -0.05) is 60.7 Å². The monoisotopic (exact) mass is 422 g/mol. The molecule has 1 aliphatic rings. The molecule has 1 heterocycles. The second kappa shape index (κ2) is 8.83. The molecule has 0 saturated carbocycles. The fraction of sp³-hybridized carbons (Fsp3) is 0.111. The average molecular weight is 422 g/mol. The molecule has 0 aromatic heterocycles. The summed E-state index contributed by atoms with van der Waals surface area (Å²) < 4.78 is 5.26. The van der Waals surface area contributed by atoms with Crippen LogP contribution in [0.1, 0.15) is 24.0 Å². The van der Waals surface area contributed by atoms with Crippen LogP contribution in [0.2, 0.25) is 0 Å². The summed E-state index contributed by atoms with van der Waals surface area (Å²) in [4.78, 5) is 15.4. The first-order chi connectivity index (χ1) is 15.6. The van der Waals surface area contributed by atoms with Crippen molar-refractivity contribution in [3.63, 3.8) is 0 Å². The number of aliphatic hydroxyl groups excluding tert-OH is 1. The first kappa shape index (κ1) is 21.0. The SMILES string of the molecule is COc1ccc(C2C(C#N)=C(c3ccccc3)N(c3ccccc3)C(=O)/C2=C(/C)O)cc1. The summed E-state index contributed by atoms with van der Waals surface area (Å²) in [7, 11) is 1.58. The van der Waals surface area contributed by atoms with E-state index in [1.807, 2.05) is 72.8 Å². The van der Waals surface area contributed by atoms with E-state index in [9.17, 15) is 15.2 Å². The van der Waals surface area contributed by atoms with Crippen LogP contribution < -0.4 is 9.64 Å². The number of nitriles is 1. The Labute approximate surface area is 187 Å². The van der Waals surface area contributed by atoms with Crippen LogP contribution >= 0.6 is 0 Å². The van der Waals surface area contributed by atoms with E-state index in [1.54, 1.807) is 19.2 Å². The zero-order valence-electron chi connectivity index (χ0n) is 17.8. The highest BCUT2D eigenvalue weighted by molar-refractivity contribution is 6.18. The van der Waals surface area contributed by atoms with Crippen molar-refractivity contribution in [2.24, 2.45) is 0 Å². The third-order valence-corrected chi connectivity index (χ3v) is 5.51. The third kappa shape index (κ3) is 3.63. The maximum atomic E-state index is 13.9. The summed E-state index contributed by atoms with van der Waals surface area (Å²) in [5.41, 5.74) is 3.16. The van der Waals surface area contributed by atoms with Crippen LogP contribution in [0.3, 0.4) is 0 Å². The van der Waals surface area contributed by atoms with Crippen LogP contribution in [0.15, 0.2) is 102 Å². The fourth-order valence-corrected chi connectivity index (χ4v) is 4.06. The molecule has 0 aliphatic carbocycles. The molecule has 1 aliphatic heterocycles. The molecule has 0 bridgehead atoms. The number of hydrogen-bond donors (Lipinski definition) is 1. The molecule has 5 nitrogen and oxygen atoms in total. The highest BCUT2D eigenvalue weighted by atomic mass is 16.5. The van der Waals surface area contributed by atoms with E-state index in [2.05, 4.69) is 6.07 Å². The smallest absolute Gasteiger partial charge is 0.263 e. The van der Waals surface area contributed by atoms with Crippen molar-refractivity contribution in [2.45, 2.75) is 12.8 Å². The van der Waals surface area contributed by atoms with Gasteiger partial charge in [0.2, 0.25) is 0 Å². The first-order valence-corrected chi connectivity index (χ1v) is 10.2. The Morgan fingerprint density at radius 3 is 2.09 bits per heavy atom. The van der Waals surface area contributed by atoms with E-state index in [4.69, 9.17) is 4.74 Å². The molecule has 1 unspecified atom stereocenters. The summed E-state index contributed by atoms with van der Waals surface area (Å²) in [5, 5.41) is 20.9. The summed E-state index contributed by atoms with van der Waals surface area (Å²) in [5.74, 6) is -0.524. The topological polar surface area (TPSA) is 73.6 Å². The van der Waals surface area contributed by atoms with E-state index in [0.717, 1.165) is 11.1 Å². The molecule has 0 saturated heterocycles. The molecular formula is C27H22N2O3. The largest absolute Gasteiger partial charge is 0.512 e. The predicted molar refractivity (Wildman–Crippen MR) is 124 cm³/mol. The Morgan fingerprint density at radius 1 is 0.969 bits per heavy atom. The van der Waals surface area contributed by atoms with Crippen LogP contribution in [0.5, 0.6) is 5.75 Å². The average Bonchev–Trinajstić information content (AvgIpc) is 2.84. The third-order valence-electron chi connectivity index (χ3n) is 5.51. The lowest BCUT2D eigenvalue weighted by Crippen LogP contribution is -2.39. The van der Waals surface area contributed by atoms with Crippen LogP contribution in [-0.4, -0.2) is 18.1 Å². The van der Waals surface area contributed by atoms with E-state index >= 15 is 0 Å². The molecule has 1 amide bonds. The minimum atomic E-state index is -0.710. The summed E-state index contributed by atoms with van der Waals surface area (Å²) in [6.45, 7) is 1.48. The van der Waals surface area contributed by atoms with Gasteiger partial charge in [-0.05, 0) is 42.3 Å². The van der Waals surface area contributed by atoms with Crippen molar-refractivity contribution in [3.05, 3.63) is 113 Å². The molecule has 1 N–H and O–H groups in total. The summed E-state index contributed by atoms with van der Waals surface area (Å²) >= 11 is 0. The maximum Gasteiger partial charge on any atom is 0.263 e. The number of rotatable bonds is 4. The Hall–Kier alpha value is -4.30. The number of nitrogens with zero attached hydrogens (tertiary/aromatic N) is 2. The number of ether oxygens (including phenoxy) is 1. The van der Waals surface area contributed by atoms with Gasteiger partial charge >= 0.3 is 0 Å². The molecule has 0 spiro atoms. The second-order valence-electron chi connectivity index (χ2n) is 7.42. The number of allylic oxidation sites excluding steroid dienone is 2. The number of carbonyl (C=O) groups excluding carboxylic acids is 1. The van der Waals surface area contributed by atoms with Crippen molar-refractivity contribution in [3.8, 4) is 11.8 Å². The number of hydrogen-bond acceptors (Lipinski definition) is 4. The van der Waals surface area contributed by atoms with Gasteiger partial charge in [0.25, 0.3) is 5.91 Å². The minimum Gasteiger partial charge on any atom is -0.512 e. The Bertz CT molecular complexity index is 1230. The molecule has 1 atom stereocenters. The van der Waals surface area contributed by atoms with Crippen LogP contribution in [0.4, 0.5) is 5.69 Å². The molecule has 3 aromatic rings. The van der Waals surface area contributed by atoms with Gasteiger partial charge in [0.15, 0.2) is 0 Å². The summed E-state index contributed by atoms with van der Waals surface area (Å²) in [6, 6.07) is 28.1. The van der Waals surface area contributed by atoms with Crippen molar-refractivity contribution in [1.29, 1.82) is 5.26 Å². The van der Waals surface area contributed by atoms with Gasteiger partial charge in [-0.25, -0.2) is 0 Å². The Balaban J connectivity index is 2.06. The molecular weight excluding hydrogens is 400 g/mol. The van der Waals surface area contributed by atoms with Gasteiger partial charge in [-0.3, -0.25) is 9.69 Å². The summed E-state index contributed by atoms with van der Waals surface area (Å²) in [6.07, 6.45) is 0. The van der Waals surface area contributed by atoms with E-state index < -0.39 is 5.92 Å².